The molecule has 0 bridgehead atoms. The van der Waals surface area contributed by atoms with E-state index in [4.69, 9.17) is 11.6 Å². The summed E-state index contributed by atoms with van der Waals surface area (Å²) in [7, 11) is 0. The third-order valence-electron chi connectivity index (χ3n) is 0.854. The highest BCUT2D eigenvalue weighted by atomic mass is 127. The summed E-state index contributed by atoms with van der Waals surface area (Å²) >= 11 is 7.44. The van der Waals surface area contributed by atoms with E-state index in [1.807, 2.05) is 22.6 Å². The van der Waals surface area contributed by atoms with Gasteiger partial charge >= 0.3 is 0 Å². The number of hydrogen-bond acceptors (Lipinski definition) is 1. The Bertz CT molecular complexity index is 270. The van der Waals surface area contributed by atoms with Crippen LogP contribution in [0.25, 0.3) is 0 Å². The third-order valence-corrected chi connectivity index (χ3v) is 2.54. The molecule has 0 saturated carbocycles. The molecule has 0 amide bonds. The van der Waals surface area contributed by atoms with Gasteiger partial charge in [0.2, 0.25) is 0 Å². The van der Waals surface area contributed by atoms with E-state index >= 15 is 0 Å². The summed E-state index contributed by atoms with van der Waals surface area (Å²) in [6, 6.07) is 1.44. The van der Waals surface area contributed by atoms with Crippen LogP contribution in [0.1, 0.15) is 0 Å². The molecule has 2 nitrogen and oxygen atoms in total. The van der Waals surface area contributed by atoms with E-state index in [2.05, 4.69) is 4.98 Å². The standard InChI is InChI=1S/C5H3ClINO/c6-5-4(7)3(9)1-2-8-5/h1-2H,(H,8,9). The summed E-state index contributed by atoms with van der Waals surface area (Å²) < 4.78 is 0.539. The minimum absolute atomic E-state index is 0.0423. The molecule has 9 heavy (non-hydrogen) atoms. The van der Waals surface area contributed by atoms with Crippen LogP contribution in [0.2, 0.25) is 5.15 Å². The van der Waals surface area contributed by atoms with E-state index < -0.39 is 0 Å². The average Bonchev–Trinajstić information content (AvgIpc) is 1.83. The minimum atomic E-state index is -0.0423. The van der Waals surface area contributed by atoms with Gasteiger partial charge in [0, 0.05) is 12.3 Å². The van der Waals surface area contributed by atoms with Crippen molar-refractivity contribution in [1.29, 1.82) is 0 Å². The molecule has 0 aliphatic heterocycles. The van der Waals surface area contributed by atoms with Crippen molar-refractivity contribution in [2.75, 3.05) is 0 Å². The number of H-pyrrole nitrogens is 1. The fourth-order valence-corrected chi connectivity index (χ4v) is 0.927. The van der Waals surface area contributed by atoms with Gasteiger partial charge in [-0.25, -0.2) is 0 Å². The topological polar surface area (TPSA) is 32.9 Å². The minimum Gasteiger partial charge on any atom is -0.351 e. The van der Waals surface area contributed by atoms with Crippen LogP contribution < -0.4 is 5.43 Å². The van der Waals surface area contributed by atoms with Crippen LogP contribution in [0.15, 0.2) is 17.1 Å². The Kier molecular flexibility index (Phi) is 2.13. The highest BCUT2D eigenvalue weighted by Crippen LogP contribution is 2.08. The van der Waals surface area contributed by atoms with Gasteiger partial charge < -0.3 is 4.98 Å². The molecule has 4 heteroatoms. The van der Waals surface area contributed by atoms with Crippen LogP contribution in [0.3, 0.4) is 0 Å². The molecule has 48 valence electrons. The van der Waals surface area contributed by atoms with Gasteiger partial charge in [-0.2, -0.15) is 0 Å². The summed E-state index contributed by atoms with van der Waals surface area (Å²) in [6.45, 7) is 0. The zero-order valence-corrected chi connectivity index (χ0v) is 7.23. The maximum Gasteiger partial charge on any atom is 0.196 e. The first kappa shape index (κ1) is 7.08. The Labute approximate surface area is 70.4 Å². The first-order chi connectivity index (χ1) is 4.22. The molecule has 1 heterocycles. The monoisotopic (exact) mass is 255 g/mol. The second-order valence-electron chi connectivity index (χ2n) is 1.47. The number of rotatable bonds is 0. The van der Waals surface area contributed by atoms with Crippen LogP contribution in [-0.4, -0.2) is 4.98 Å². The average molecular weight is 255 g/mol. The lowest BCUT2D eigenvalue weighted by Crippen LogP contribution is -2.03. The highest BCUT2D eigenvalue weighted by molar-refractivity contribution is 14.1. The molecule has 1 aromatic heterocycles. The summed E-state index contributed by atoms with van der Waals surface area (Å²) in [5.74, 6) is 0. The van der Waals surface area contributed by atoms with Crippen molar-refractivity contribution in [2.24, 2.45) is 0 Å². The number of nitrogens with one attached hydrogen (secondary N) is 1. The van der Waals surface area contributed by atoms with Gasteiger partial charge in [-0.1, -0.05) is 11.6 Å². The lowest BCUT2D eigenvalue weighted by Gasteiger charge is -1.89. The lowest BCUT2D eigenvalue weighted by molar-refractivity contribution is 1.28. The van der Waals surface area contributed by atoms with Crippen molar-refractivity contribution in [3.63, 3.8) is 0 Å². The summed E-state index contributed by atoms with van der Waals surface area (Å²) in [6.07, 6.45) is 1.52. The zero-order chi connectivity index (χ0) is 6.85. The Hall–Kier alpha value is -0.0300. The number of aromatic amines is 1. The molecule has 0 spiro atoms. The molecule has 1 N–H and O–H groups in total. The normalized spacial score (nSPS) is 9.56. The molecule has 0 atom stereocenters. The first-order valence-electron chi connectivity index (χ1n) is 2.24. The summed E-state index contributed by atoms with van der Waals surface area (Å²) in [4.78, 5) is 13.4. The second-order valence-corrected chi connectivity index (χ2v) is 2.93. The van der Waals surface area contributed by atoms with Crippen molar-refractivity contribution in [3.8, 4) is 0 Å². The molecular weight excluding hydrogens is 252 g/mol. The molecule has 0 aromatic carbocycles. The zero-order valence-electron chi connectivity index (χ0n) is 4.32. The fraction of sp³-hybridized carbons (Fsp3) is 0. The van der Waals surface area contributed by atoms with Crippen molar-refractivity contribution in [2.45, 2.75) is 0 Å². The SMILES string of the molecule is O=c1cc[nH]c(Cl)c1I. The quantitative estimate of drug-likeness (QED) is 0.555. The van der Waals surface area contributed by atoms with E-state index in [-0.39, 0.29) is 5.43 Å². The first-order valence-corrected chi connectivity index (χ1v) is 3.70. The maximum atomic E-state index is 10.7. The molecule has 0 radical (unpaired) electrons. The third kappa shape index (κ3) is 1.46. The second kappa shape index (κ2) is 2.70. The largest absolute Gasteiger partial charge is 0.351 e. The van der Waals surface area contributed by atoms with E-state index in [1.165, 1.54) is 12.3 Å². The number of pyridine rings is 1. The van der Waals surface area contributed by atoms with Gasteiger partial charge in [0.25, 0.3) is 0 Å². The summed E-state index contributed by atoms with van der Waals surface area (Å²) in [5.41, 5.74) is -0.0423. The van der Waals surface area contributed by atoms with E-state index in [0.717, 1.165) is 0 Å². The number of hydrogen-bond donors (Lipinski definition) is 1. The van der Waals surface area contributed by atoms with Crippen molar-refractivity contribution in [1.82, 2.24) is 4.98 Å². The van der Waals surface area contributed by atoms with Gasteiger partial charge in [0.05, 0.1) is 3.57 Å². The molecule has 0 unspecified atom stereocenters. The Balaban J connectivity index is 3.43. The molecule has 0 fully saturated rings. The molecule has 1 rings (SSSR count). The Morgan fingerprint density at radius 1 is 1.67 bits per heavy atom. The predicted molar refractivity (Wildman–Crippen MR) is 44.8 cm³/mol. The summed E-state index contributed by atoms with van der Waals surface area (Å²) in [5, 5.41) is 0.406. The maximum absolute atomic E-state index is 10.7. The van der Waals surface area contributed by atoms with E-state index in [9.17, 15) is 4.79 Å². The van der Waals surface area contributed by atoms with Crippen LogP contribution in [0.4, 0.5) is 0 Å². The Morgan fingerprint density at radius 2 is 2.33 bits per heavy atom. The van der Waals surface area contributed by atoms with Crippen molar-refractivity contribution >= 4 is 34.2 Å². The van der Waals surface area contributed by atoms with Gasteiger partial charge in [0.15, 0.2) is 5.43 Å². The lowest BCUT2D eigenvalue weighted by atomic mass is 10.5. The Morgan fingerprint density at radius 3 is 2.78 bits per heavy atom. The van der Waals surface area contributed by atoms with Crippen LogP contribution in [0.5, 0.6) is 0 Å². The van der Waals surface area contributed by atoms with Gasteiger partial charge in [-0.3, -0.25) is 4.79 Å². The molecule has 0 saturated heterocycles. The molecular formula is C5H3ClINO. The number of halogens is 2. The highest BCUT2D eigenvalue weighted by Gasteiger charge is 1.97. The van der Waals surface area contributed by atoms with E-state index in [1.54, 1.807) is 0 Å². The predicted octanol–water partition coefficient (Wildman–Crippen LogP) is 1.63. The van der Waals surface area contributed by atoms with Crippen LogP contribution >= 0.6 is 34.2 Å². The van der Waals surface area contributed by atoms with Gasteiger partial charge in [0.1, 0.15) is 5.15 Å². The van der Waals surface area contributed by atoms with E-state index in [0.29, 0.717) is 8.72 Å². The molecule has 0 aliphatic rings. The van der Waals surface area contributed by atoms with Gasteiger partial charge in [-0.05, 0) is 22.6 Å². The smallest absolute Gasteiger partial charge is 0.196 e. The molecule has 1 aromatic rings. The van der Waals surface area contributed by atoms with Crippen molar-refractivity contribution < 1.29 is 0 Å². The van der Waals surface area contributed by atoms with Crippen LogP contribution in [0, 0.1) is 3.57 Å². The van der Waals surface area contributed by atoms with Gasteiger partial charge in [-0.15, -0.1) is 0 Å². The fourth-order valence-electron chi connectivity index (χ4n) is 0.435. The van der Waals surface area contributed by atoms with Crippen molar-refractivity contribution in [3.05, 3.63) is 31.2 Å². The number of aromatic nitrogens is 1. The van der Waals surface area contributed by atoms with Crippen LogP contribution in [-0.2, 0) is 0 Å². The molecule has 0 aliphatic carbocycles.